The molecule has 0 aromatic heterocycles. The van der Waals surface area contributed by atoms with E-state index >= 15 is 0 Å². The van der Waals surface area contributed by atoms with Crippen LogP contribution in [0.15, 0.2) is 0 Å². The van der Waals surface area contributed by atoms with Gasteiger partial charge in [-0.05, 0) is 19.4 Å². The van der Waals surface area contributed by atoms with E-state index in [1.807, 2.05) is 6.92 Å². The first-order valence-electron chi connectivity index (χ1n) is 5.54. The molecule has 13 heavy (non-hydrogen) atoms. The summed E-state index contributed by atoms with van der Waals surface area (Å²) in [6.07, 6.45) is 2.29. The lowest BCUT2D eigenvalue weighted by molar-refractivity contribution is 0.117. The van der Waals surface area contributed by atoms with Crippen molar-refractivity contribution >= 4 is 0 Å². The van der Waals surface area contributed by atoms with Crippen LogP contribution in [0, 0.1) is 5.92 Å². The van der Waals surface area contributed by atoms with Crippen molar-refractivity contribution in [1.29, 1.82) is 0 Å². The Morgan fingerprint density at radius 3 is 1.92 bits per heavy atom. The number of hydrogen-bond acceptors (Lipinski definition) is 2. The van der Waals surface area contributed by atoms with Crippen molar-refractivity contribution in [2.75, 3.05) is 19.6 Å². The first kappa shape index (κ1) is 12.9. The Kier molecular flexibility index (Phi) is 7.29. The van der Waals surface area contributed by atoms with Gasteiger partial charge < -0.3 is 10.0 Å². The number of aliphatic hydroxyl groups excluding tert-OH is 1. The predicted molar refractivity (Wildman–Crippen MR) is 57.9 cm³/mol. The Bertz CT molecular complexity index is 111. The van der Waals surface area contributed by atoms with E-state index < -0.39 is 0 Å². The van der Waals surface area contributed by atoms with Crippen molar-refractivity contribution in [2.24, 2.45) is 5.92 Å². The van der Waals surface area contributed by atoms with Crippen molar-refractivity contribution < 1.29 is 5.11 Å². The summed E-state index contributed by atoms with van der Waals surface area (Å²) < 4.78 is 0. The van der Waals surface area contributed by atoms with Crippen LogP contribution in [0.5, 0.6) is 0 Å². The molecular formula is C11H25NO. The molecule has 0 bridgehead atoms. The summed E-state index contributed by atoms with van der Waals surface area (Å²) in [4.78, 5) is 2.34. The summed E-state index contributed by atoms with van der Waals surface area (Å²) in [5.41, 5.74) is 0. The van der Waals surface area contributed by atoms with Gasteiger partial charge in [0.25, 0.3) is 0 Å². The van der Waals surface area contributed by atoms with E-state index in [0.717, 1.165) is 25.6 Å². The Morgan fingerprint density at radius 1 is 1.08 bits per heavy atom. The van der Waals surface area contributed by atoms with Gasteiger partial charge in [-0.2, -0.15) is 0 Å². The van der Waals surface area contributed by atoms with Crippen LogP contribution in [-0.2, 0) is 0 Å². The summed E-state index contributed by atoms with van der Waals surface area (Å²) in [5, 5.41) is 9.27. The van der Waals surface area contributed by atoms with E-state index in [1.54, 1.807) is 0 Å². The monoisotopic (exact) mass is 187 g/mol. The van der Waals surface area contributed by atoms with Gasteiger partial charge in [0, 0.05) is 13.1 Å². The molecule has 0 heterocycles. The first-order chi connectivity index (χ1) is 6.13. The van der Waals surface area contributed by atoms with Crippen LogP contribution in [0.4, 0.5) is 0 Å². The number of rotatable bonds is 7. The molecule has 0 aliphatic carbocycles. The molecule has 0 aliphatic heterocycles. The van der Waals surface area contributed by atoms with Crippen LogP contribution in [0.3, 0.4) is 0 Å². The Hall–Kier alpha value is -0.0800. The smallest absolute Gasteiger partial charge is 0.0639 e. The minimum atomic E-state index is -0.200. The van der Waals surface area contributed by atoms with E-state index in [4.69, 9.17) is 0 Å². The van der Waals surface area contributed by atoms with Crippen LogP contribution >= 0.6 is 0 Å². The highest BCUT2D eigenvalue weighted by Gasteiger charge is 2.11. The van der Waals surface area contributed by atoms with Gasteiger partial charge in [0.1, 0.15) is 0 Å². The second kappa shape index (κ2) is 7.34. The lowest BCUT2D eigenvalue weighted by atomic mass is 10.0. The van der Waals surface area contributed by atoms with Gasteiger partial charge in [-0.1, -0.05) is 33.6 Å². The summed E-state index contributed by atoms with van der Waals surface area (Å²) >= 11 is 0. The van der Waals surface area contributed by atoms with Gasteiger partial charge >= 0.3 is 0 Å². The zero-order valence-electron chi connectivity index (χ0n) is 9.58. The quantitative estimate of drug-likeness (QED) is 0.660. The molecular weight excluding hydrogens is 162 g/mol. The van der Waals surface area contributed by atoms with E-state index in [-0.39, 0.29) is 6.10 Å². The summed E-state index contributed by atoms with van der Waals surface area (Å²) in [5.74, 6) is 0.790. The zero-order chi connectivity index (χ0) is 10.3. The highest BCUT2D eigenvalue weighted by atomic mass is 16.3. The van der Waals surface area contributed by atoms with Crippen molar-refractivity contribution in [3.05, 3.63) is 0 Å². The van der Waals surface area contributed by atoms with Gasteiger partial charge in [0.2, 0.25) is 0 Å². The molecule has 0 aromatic carbocycles. The van der Waals surface area contributed by atoms with Gasteiger partial charge in [0.15, 0.2) is 0 Å². The van der Waals surface area contributed by atoms with E-state index in [9.17, 15) is 5.11 Å². The lowest BCUT2D eigenvalue weighted by Gasteiger charge is -2.26. The molecule has 0 aliphatic rings. The fraction of sp³-hybridized carbons (Fsp3) is 1.00. The summed E-state index contributed by atoms with van der Waals surface area (Å²) in [6.45, 7) is 11.5. The molecule has 0 rings (SSSR count). The summed E-state index contributed by atoms with van der Waals surface area (Å²) in [7, 11) is 0. The number of nitrogens with zero attached hydrogens (tertiary/aromatic N) is 1. The van der Waals surface area contributed by atoms with Gasteiger partial charge in [0.05, 0.1) is 6.10 Å². The SMILES string of the molecule is CCC(CC)CN(CC)C[C@@H](C)O. The molecule has 0 saturated heterocycles. The molecule has 80 valence electrons. The molecule has 0 unspecified atom stereocenters. The molecule has 0 fully saturated rings. The molecule has 1 atom stereocenters. The van der Waals surface area contributed by atoms with Crippen LogP contribution in [0.25, 0.3) is 0 Å². The third-order valence-electron chi connectivity index (χ3n) is 2.64. The van der Waals surface area contributed by atoms with Crippen molar-refractivity contribution in [2.45, 2.75) is 46.6 Å². The largest absolute Gasteiger partial charge is 0.392 e. The molecule has 1 N–H and O–H groups in total. The third kappa shape index (κ3) is 6.05. The van der Waals surface area contributed by atoms with E-state index in [0.29, 0.717) is 0 Å². The Labute approximate surface area is 82.9 Å². The maximum Gasteiger partial charge on any atom is 0.0639 e. The minimum absolute atomic E-state index is 0.200. The molecule has 2 heteroatoms. The molecule has 0 aromatic rings. The second-order valence-corrected chi connectivity index (χ2v) is 3.88. The van der Waals surface area contributed by atoms with E-state index in [1.165, 1.54) is 12.8 Å². The highest BCUT2D eigenvalue weighted by Crippen LogP contribution is 2.09. The number of aliphatic hydroxyl groups is 1. The normalized spacial score (nSPS) is 14.1. The number of hydrogen-bond donors (Lipinski definition) is 1. The maximum absolute atomic E-state index is 9.27. The van der Waals surface area contributed by atoms with Crippen LogP contribution in [-0.4, -0.2) is 35.7 Å². The molecule has 0 amide bonds. The average molecular weight is 187 g/mol. The average Bonchev–Trinajstić information content (AvgIpc) is 2.11. The van der Waals surface area contributed by atoms with Crippen LogP contribution in [0.2, 0.25) is 0 Å². The van der Waals surface area contributed by atoms with Crippen molar-refractivity contribution in [3.8, 4) is 0 Å². The fourth-order valence-electron chi connectivity index (χ4n) is 1.62. The topological polar surface area (TPSA) is 23.5 Å². The van der Waals surface area contributed by atoms with Crippen molar-refractivity contribution in [1.82, 2.24) is 4.90 Å². The van der Waals surface area contributed by atoms with Crippen LogP contribution in [0.1, 0.15) is 40.5 Å². The molecule has 0 radical (unpaired) electrons. The highest BCUT2D eigenvalue weighted by molar-refractivity contribution is 4.65. The standard InChI is InChI=1S/C11H25NO/c1-5-11(6-2)9-12(7-3)8-10(4)13/h10-11,13H,5-9H2,1-4H3/t10-/m1/s1. The van der Waals surface area contributed by atoms with Gasteiger partial charge in [-0.25, -0.2) is 0 Å². The molecule has 0 saturated carbocycles. The summed E-state index contributed by atoms with van der Waals surface area (Å²) in [6, 6.07) is 0. The fourth-order valence-corrected chi connectivity index (χ4v) is 1.62. The first-order valence-corrected chi connectivity index (χ1v) is 5.54. The predicted octanol–water partition coefficient (Wildman–Crippen LogP) is 2.13. The lowest BCUT2D eigenvalue weighted by Crippen LogP contribution is -2.34. The molecule has 2 nitrogen and oxygen atoms in total. The van der Waals surface area contributed by atoms with Crippen LogP contribution < -0.4 is 0 Å². The Morgan fingerprint density at radius 2 is 1.62 bits per heavy atom. The molecule has 0 spiro atoms. The second-order valence-electron chi connectivity index (χ2n) is 3.88. The number of likely N-dealkylation sites (N-methyl/N-ethyl adjacent to an activating group) is 1. The van der Waals surface area contributed by atoms with Crippen molar-refractivity contribution in [3.63, 3.8) is 0 Å². The Balaban J connectivity index is 3.80. The third-order valence-corrected chi connectivity index (χ3v) is 2.64. The van der Waals surface area contributed by atoms with Gasteiger partial charge in [-0.3, -0.25) is 0 Å². The van der Waals surface area contributed by atoms with Gasteiger partial charge in [-0.15, -0.1) is 0 Å². The minimum Gasteiger partial charge on any atom is -0.392 e. The van der Waals surface area contributed by atoms with E-state index in [2.05, 4.69) is 25.7 Å². The zero-order valence-corrected chi connectivity index (χ0v) is 9.58. The maximum atomic E-state index is 9.27.